The van der Waals surface area contributed by atoms with E-state index in [0.29, 0.717) is 43.4 Å². The van der Waals surface area contributed by atoms with E-state index in [1.54, 1.807) is 29.2 Å². The summed E-state index contributed by atoms with van der Waals surface area (Å²) < 4.78 is 5.67. The monoisotopic (exact) mass is 451 g/mol. The third-order valence-corrected chi connectivity index (χ3v) is 6.30. The van der Waals surface area contributed by atoms with E-state index in [4.69, 9.17) is 4.74 Å². The number of hydrogen-bond donors (Lipinski definition) is 3. The van der Waals surface area contributed by atoms with Crippen LogP contribution in [0.25, 0.3) is 0 Å². The number of rotatable bonds is 7. The van der Waals surface area contributed by atoms with Gasteiger partial charge < -0.3 is 25.4 Å². The van der Waals surface area contributed by atoms with E-state index in [2.05, 4.69) is 34.9 Å². The highest BCUT2D eigenvalue weighted by Crippen LogP contribution is 2.21. The second-order valence-corrected chi connectivity index (χ2v) is 9.56. The molecule has 176 valence electrons. The minimum absolute atomic E-state index is 0.0612. The highest BCUT2D eigenvalue weighted by Gasteiger charge is 2.30. The summed E-state index contributed by atoms with van der Waals surface area (Å²) in [4.78, 5) is 27.0. The molecule has 0 unspecified atom stereocenters. The van der Waals surface area contributed by atoms with Crippen molar-refractivity contribution in [3.63, 3.8) is 0 Å². The molecule has 1 aliphatic heterocycles. The molecule has 0 radical (unpaired) electrons. The molecule has 1 saturated heterocycles. The van der Waals surface area contributed by atoms with Crippen molar-refractivity contribution in [2.45, 2.75) is 44.4 Å². The van der Waals surface area contributed by atoms with Crippen LogP contribution < -0.4 is 10.6 Å². The lowest BCUT2D eigenvalue weighted by Crippen LogP contribution is -2.50. The third-order valence-electron chi connectivity index (χ3n) is 6.30. The van der Waals surface area contributed by atoms with Crippen molar-refractivity contribution in [1.29, 1.82) is 0 Å². The number of morpholine rings is 1. The number of carbonyl (C=O) groups excluding carboxylic acids is 2. The fourth-order valence-corrected chi connectivity index (χ4v) is 4.53. The van der Waals surface area contributed by atoms with Crippen LogP contribution >= 0.6 is 0 Å². The van der Waals surface area contributed by atoms with Crippen LogP contribution in [0.2, 0.25) is 0 Å². The zero-order chi connectivity index (χ0) is 23.4. The number of nitrogens with zero attached hydrogens (tertiary/aromatic N) is 1. The third kappa shape index (κ3) is 5.99. The van der Waals surface area contributed by atoms with E-state index in [1.165, 1.54) is 11.1 Å². The average Bonchev–Trinajstić information content (AvgIpc) is 3.23. The predicted octanol–water partition coefficient (Wildman–Crippen LogP) is 1.79. The molecule has 2 amide bonds. The minimum Gasteiger partial charge on any atom is -0.390 e. The number of hydrogen-bond acceptors (Lipinski definition) is 5. The number of aliphatic hydroxyl groups excluding tert-OH is 1. The maximum Gasteiger partial charge on any atom is 0.254 e. The van der Waals surface area contributed by atoms with Gasteiger partial charge in [0, 0.05) is 43.3 Å². The lowest BCUT2D eigenvalue weighted by atomic mass is 10.1. The fourth-order valence-electron chi connectivity index (χ4n) is 4.53. The van der Waals surface area contributed by atoms with Crippen LogP contribution in [-0.2, 0) is 17.6 Å². The summed E-state index contributed by atoms with van der Waals surface area (Å²) in [7, 11) is 0. The molecule has 2 aromatic carbocycles. The molecular weight excluding hydrogens is 418 g/mol. The summed E-state index contributed by atoms with van der Waals surface area (Å²) in [6.07, 6.45) is 1.24. The lowest BCUT2D eigenvalue weighted by molar-refractivity contribution is -0.0764. The molecule has 0 bridgehead atoms. The summed E-state index contributed by atoms with van der Waals surface area (Å²) in [5.74, 6) is -0.331. The average molecular weight is 452 g/mol. The van der Waals surface area contributed by atoms with Crippen molar-refractivity contribution >= 4 is 11.8 Å². The Labute approximate surface area is 195 Å². The van der Waals surface area contributed by atoms with Gasteiger partial charge in [0.15, 0.2) is 0 Å². The van der Waals surface area contributed by atoms with Crippen molar-refractivity contribution in [2.75, 3.05) is 32.8 Å². The summed E-state index contributed by atoms with van der Waals surface area (Å²) in [6.45, 7) is 6.13. The van der Waals surface area contributed by atoms with Crippen molar-refractivity contribution < 1.29 is 19.4 Å². The quantitative estimate of drug-likeness (QED) is 0.597. The van der Waals surface area contributed by atoms with Crippen LogP contribution in [-0.4, -0.2) is 72.4 Å². The zero-order valence-corrected chi connectivity index (χ0v) is 19.3. The van der Waals surface area contributed by atoms with Crippen molar-refractivity contribution in [1.82, 2.24) is 15.5 Å². The minimum atomic E-state index is -0.678. The summed E-state index contributed by atoms with van der Waals surface area (Å²) in [6, 6.07) is 15.4. The Kier molecular flexibility index (Phi) is 7.12. The number of fused-ring (bicyclic) bond motifs is 1. The number of amides is 2. The van der Waals surface area contributed by atoms with Crippen LogP contribution in [0, 0.1) is 0 Å². The molecule has 2 aromatic rings. The Balaban J connectivity index is 1.21. The topological polar surface area (TPSA) is 90.9 Å². The van der Waals surface area contributed by atoms with Crippen LogP contribution in [0.4, 0.5) is 0 Å². The van der Waals surface area contributed by atoms with Gasteiger partial charge in [-0.15, -0.1) is 0 Å². The van der Waals surface area contributed by atoms with Crippen molar-refractivity contribution in [3.8, 4) is 0 Å². The molecule has 7 nitrogen and oxygen atoms in total. The Morgan fingerprint density at radius 3 is 2.33 bits per heavy atom. The van der Waals surface area contributed by atoms with Gasteiger partial charge in [-0.3, -0.25) is 9.59 Å². The van der Waals surface area contributed by atoms with E-state index in [9.17, 15) is 14.7 Å². The molecule has 0 spiro atoms. The molecule has 0 aromatic heterocycles. The van der Waals surface area contributed by atoms with Gasteiger partial charge in [0.05, 0.1) is 18.3 Å². The maximum absolute atomic E-state index is 12.8. The molecule has 1 fully saturated rings. The first-order chi connectivity index (χ1) is 15.8. The van der Waals surface area contributed by atoms with Crippen molar-refractivity contribution in [2.24, 2.45) is 0 Å². The first-order valence-electron chi connectivity index (χ1n) is 11.6. The van der Waals surface area contributed by atoms with E-state index in [0.717, 1.165) is 12.8 Å². The first-order valence-corrected chi connectivity index (χ1v) is 11.6. The molecule has 3 N–H and O–H groups in total. The van der Waals surface area contributed by atoms with Gasteiger partial charge in [-0.05, 0) is 62.1 Å². The van der Waals surface area contributed by atoms with Crippen LogP contribution in [0.1, 0.15) is 45.7 Å². The summed E-state index contributed by atoms with van der Waals surface area (Å²) in [5.41, 5.74) is 3.37. The highest BCUT2D eigenvalue weighted by molar-refractivity contribution is 5.97. The second kappa shape index (κ2) is 10.0. The number of ether oxygens (including phenoxy) is 1. The largest absolute Gasteiger partial charge is 0.390 e. The summed E-state index contributed by atoms with van der Waals surface area (Å²) >= 11 is 0. The zero-order valence-electron chi connectivity index (χ0n) is 19.3. The van der Waals surface area contributed by atoms with Crippen LogP contribution in [0.5, 0.6) is 0 Å². The Bertz CT molecular complexity index is 964. The molecule has 0 saturated carbocycles. The highest BCUT2D eigenvalue weighted by atomic mass is 16.5. The van der Waals surface area contributed by atoms with Gasteiger partial charge in [-0.1, -0.05) is 24.3 Å². The Hall–Kier alpha value is -2.74. The Morgan fingerprint density at radius 1 is 1.06 bits per heavy atom. The molecule has 4 rings (SSSR count). The van der Waals surface area contributed by atoms with Gasteiger partial charge in [-0.2, -0.15) is 0 Å². The fraction of sp³-hybridized carbons (Fsp3) is 0.462. The SMILES string of the molecule is CC1(C)CN(C(=O)c2ccc(C(=O)NC[C@@H](O)CNC3Cc4ccccc4C3)cc2)CCO1. The lowest BCUT2D eigenvalue weighted by Gasteiger charge is -2.38. The maximum atomic E-state index is 12.8. The van der Waals surface area contributed by atoms with Crippen LogP contribution in [0.3, 0.4) is 0 Å². The molecule has 1 aliphatic carbocycles. The van der Waals surface area contributed by atoms with Gasteiger partial charge in [-0.25, -0.2) is 0 Å². The van der Waals surface area contributed by atoms with Gasteiger partial charge in [0.25, 0.3) is 11.8 Å². The van der Waals surface area contributed by atoms with Crippen LogP contribution in [0.15, 0.2) is 48.5 Å². The molecule has 1 atom stereocenters. The number of nitrogens with one attached hydrogen (secondary N) is 2. The van der Waals surface area contributed by atoms with Gasteiger partial charge in [0.1, 0.15) is 0 Å². The first kappa shape index (κ1) is 23.4. The number of carbonyl (C=O) groups is 2. The van der Waals surface area contributed by atoms with E-state index < -0.39 is 6.10 Å². The molecular formula is C26H33N3O4. The number of aliphatic hydroxyl groups is 1. The van der Waals surface area contributed by atoms with Gasteiger partial charge in [0.2, 0.25) is 0 Å². The smallest absolute Gasteiger partial charge is 0.254 e. The van der Waals surface area contributed by atoms with E-state index >= 15 is 0 Å². The Morgan fingerprint density at radius 2 is 1.70 bits per heavy atom. The van der Waals surface area contributed by atoms with E-state index in [-0.39, 0.29) is 24.0 Å². The molecule has 1 heterocycles. The van der Waals surface area contributed by atoms with Crippen molar-refractivity contribution in [3.05, 3.63) is 70.8 Å². The molecule has 2 aliphatic rings. The normalized spacial score (nSPS) is 18.6. The van der Waals surface area contributed by atoms with E-state index in [1.807, 2.05) is 13.8 Å². The second-order valence-electron chi connectivity index (χ2n) is 9.56. The van der Waals surface area contributed by atoms with Gasteiger partial charge >= 0.3 is 0 Å². The summed E-state index contributed by atoms with van der Waals surface area (Å²) in [5, 5.41) is 16.5. The molecule has 33 heavy (non-hydrogen) atoms. The molecule has 7 heteroatoms. The predicted molar refractivity (Wildman–Crippen MR) is 126 cm³/mol. The number of benzene rings is 2. The standard InChI is InChI=1S/C26H33N3O4/c1-26(2)17-29(11-12-33-26)25(32)19-9-7-18(8-10-19)24(31)28-16-23(30)15-27-22-13-20-5-3-4-6-21(20)14-22/h3-10,22-23,27,30H,11-17H2,1-2H3,(H,28,31)/t23-/m0/s1.